The van der Waals surface area contributed by atoms with Crippen LogP contribution in [0.5, 0.6) is 0 Å². The van der Waals surface area contributed by atoms with Crippen molar-refractivity contribution in [3.63, 3.8) is 0 Å². The minimum absolute atomic E-state index is 0.115. The third-order valence-electron chi connectivity index (χ3n) is 2.67. The zero-order valence-electron chi connectivity index (χ0n) is 10.9. The highest BCUT2D eigenvalue weighted by atomic mass is 35.5. The second kappa shape index (κ2) is 6.89. The van der Waals surface area contributed by atoms with Crippen LogP contribution in [-0.4, -0.2) is 17.6 Å². The lowest BCUT2D eigenvalue weighted by molar-refractivity contribution is 0.102. The zero-order valence-corrected chi connectivity index (χ0v) is 11.6. The van der Waals surface area contributed by atoms with Gasteiger partial charge in [0.25, 0.3) is 5.91 Å². The molecule has 0 heterocycles. The molecule has 2 N–H and O–H groups in total. The van der Waals surface area contributed by atoms with Gasteiger partial charge >= 0.3 is 0 Å². The number of para-hydroxylation sites is 1. The van der Waals surface area contributed by atoms with Crippen molar-refractivity contribution >= 4 is 23.2 Å². The number of hydrogen-bond acceptors (Lipinski definition) is 2. The highest BCUT2D eigenvalue weighted by Gasteiger charge is 2.15. The van der Waals surface area contributed by atoms with Gasteiger partial charge in [0.05, 0.1) is 16.3 Å². The third kappa shape index (κ3) is 3.60. The highest BCUT2D eigenvalue weighted by molar-refractivity contribution is 6.31. The van der Waals surface area contributed by atoms with Crippen LogP contribution >= 0.6 is 11.6 Å². The summed E-state index contributed by atoms with van der Waals surface area (Å²) < 4.78 is 13.8. The van der Waals surface area contributed by atoms with Gasteiger partial charge in [-0.1, -0.05) is 41.6 Å². The molecule has 0 radical (unpaired) electrons. The Kier molecular flexibility index (Phi) is 4.94. The lowest BCUT2D eigenvalue weighted by Crippen LogP contribution is -2.14. The van der Waals surface area contributed by atoms with Crippen molar-refractivity contribution in [1.82, 2.24) is 0 Å². The fourth-order valence-electron chi connectivity index (χ4n) is 1.70. The Balaban J connectivity index is 2.30. The molecule has 0 unspecified atom stereocenters. The maximum Gasteiger partial charge on any atom is 0.258 e. The summed E-state index contributed by atoms with van der Waals surface area (Å²) in [5, 5.41) is 11.2. The monoisotopic (exact) mass is 303 g/mol. The van der Waals surface area contributed by atoms with E-state index in [0.29, 0.717) is 11.3 Å². The first kappa shape index (κ1) is 15.0. The third-order valence-corrected chi connectivity index (χ3v) is 2.97. The number of benzene rings is 2. The van der Waals surface area contributed by atoms with E-state index in [1.165, 1.54) is 18.2 Å². The lowest BCUT2D eigenvalue weighted by atomic mass is 10.1. The number of anilines is 1. The van der Waals surface area contributed by atoms with Crippen LogP contribution in [0.1, 0.15) is 15.9 Å². The Hall–Kier alpha value is -2.35. The number of hydrogen-bond donors (Lipinski definition) is 2. The molecule has 3 nitrogen and oxygen atoms in total. The first-order chi connectivity index (χ1) is 10.1. The van der Waals surface area contributed by atoms with Gasteiger partial charge < -0.3 is 10.4 Å². The fourth-order valence-corrected chi connectivity index (χ4v) is 1.88. The van der Waals surface area contributed by atoms with Gasteiger partial charge in [-0.05, 0) is 24.3 Å². The molecule has 0 saturated carbocycles. The second-order valence-electron chi connectivity index (χ2n) is 4.06. The molecule has 0 atom stereocenters. The van der Waals surface area contributed by atoms with E-state index in [1.54, 1.807) is 24.3 Å². The molecule has 0 aromatic heterocycles. The number of aliphatic hydroxyl groups excluding tert-OH is 1. The van der Waals surface area contributed by atoms with Crippen LogP contribution in [0, 0.1) is 17.7 Å². The van der Waals surface area contributed by atoms with Crippen LogP contribution in [0.15, 0.2) is 42.5 Å². The van der Waals surface area contributed by atoms with Crippen molar-refractivity contribution in [1.29, 1.82) is 0 Å². The molecule has 0 aliphatic heterocycles. The second-order valence-corrected chi connectivity index (χ2v) is 4.47. The Morgan fingerprint density at radius 3 is 2.76 bits per heavy atom. The zero-order chi connectivity index (χ0) is 15.2. The molecule has 106 valence electrons. The maximum absolute atomic E-state index is 13.8. The minimum atomic E-state index is -0.768. The Bertz CT molecular complexity index is 735. The largest absolute Gasteiger partial charge is 0.384 e. The predicted octanol–water partition coefficient (Wildman–Crippen LogP) is 3.08. The Morgan fingerprint density at radius 1 is 1.24 bits per heavy atom. The first-order valence-corrected chi connectivity index (χ1v) is 6.45. The highest BCUT2D eigenvalue weighted by Crippen LogP contribution is 2.20. The topological polar surface area (TPSA) is 49.3 Å². The van der Waals surface area contributed by atoms with Crippen molar-refractivity contribution in [2.24, 2.45) is 0 Å². The Morgan fingerprint density at radius 2 is 2.00 bits per heavy atom. The van der Waals surface area contributed by atoms with Gasteiger partial charge in [0.2, 0.25) is 0 Å². The Labute approximate surface area is 126 Å². The molecule has 2 aromatic carbocycles. The lowest BCUT2D eigenvalue weighted by Gasteiger charge is -2.08. The quantitative estimate of drug-likeness (QED) is 0.838. The van der Waals surface area contributed by atoms with Crippen LogP contribution in [0.4, 0.5) is 10.1 Å². The van der Waals surface area contributed by atoms with Gasteiger partial charge in [-0.25, -0.2) is 4.39 Å². The number of nitrogens with one attached hydrogen (secondary N) is 1. The molecule has 5 heteroatoms. The van der Waals surface area contributed by atoms with Crippen molar-refractivity contribution in [3.8, 4) is 11.8 Å². The predicted molar refractivity (Wildman–Crippen MR) is 79.8 cm³/mol. The van der Waals surface area contributed by atoms with Gasteiger partial charge in [-0.2, -0.15) is 0 Å². The molecule has 0 bridgehead atoms. The summed E-state index contributed by atoms with van der Waals surface area (Å²) in [7, 11) is 0. The van der Waals surface area contributed by atoms with E-state index in [-0.39, 0.29) is 17.2 Å². The number of aliphatic hydroxyl groups is 1. The van der Waals surface area contributed by atoms with Gasteiger partial charge in [0.15, 0.2) is 5.82 Å². The molecule has 0 saturated heterocycles. The molecule has 2 aromatic rings. The number of carbonyl (C=O) groups excluding carboxylic acids is 1. The molecule has 21 heavy (non-hydrogen) atoms. The van der Waals surface area contributed by atoms with E-state index in [2.05, 4.69) is 17.2 Å². The van der Waals surface area contributed by atoms with E-state index in [9.17, 15) is 9.18 Å². The van der Waals surface area contributed by atoms with E-state index in [0.717, 1.165) is 0 Å². The number of carbonyl (C=O) groups is 1. The average Bonchev–Trinajstić information content (AvgIpc) is 2.49. The van der Waals surface area contributed by atoms with E-state index in [4.69, 9.17) is 16.7 Å². The van der Waals surface area contributed by atoms with Crippen molar-refractivity contribution in [2.75, 3.05) is 11.9 Å². The van der Waals surface area contributed by atoms with Crippen molar-refractivity contribution in [3.05, 3.63) is 64.4 Å². The van der Waals surface area contributed by atoms with Crippen LogP contribution in [-0.2, 0) is 0 Å². The van der Waals surface area contributed by atoms with Gasteiger partial charge in [0.1, 0.15) is 6.61 Å². The molecule has 0 aliphatic carbocycles. The maximum atomic E-state index is 13.8. The summed E-state index contributed by atoms with van der Waals surface area (Å²) in [5.41, 5.74) is 0.817. The van der Waals surface area contributed by atoms with E-state index < -0.39 is 11.7 Å². The van der Waals surface area contributed by atoms with Crippen LogP contribution in [0.25, 0.3) is 0 Å². The van der Waals surface area contributed by atoms with Crippen LogP contribution in [0.3, 0.4) is 0 Å². The van der Waals surface area contributed by atoms with Crippen molar-refractivity contribution in [2.45, 2.75) is 0 Å². The van der Waals surface area contributed by atoms with Crippen LogP contribution in [0.2, 0.25) is 5.02 Å². The molecule has 0 spiro atoms. The molecule has 0 fully saturated rings. The minimum Gasteiger partial charge on any atom is -0.384 e. The number of rotatable bonds is 2. The summed E-state index contributed by atoms with van der Waals surface area (Å²) in [5.74, 6) is 3.82. The standard InChI is InChI=1S/C16H11ClFNO2/c17-13-8-3-7-12(15(13)18)16(21)19-14-9-2-1-5-11(14)6-4-10-20/h1-3,5,7-9,20H,10H2,(H,19,21). The van der Waals surface area contributed by atoms with E-state index >= 15 is 0 Å². The number of amides is 1. The average molecular weight is 304 g/mol. The fraction of sp³-hybridized carbons (Fsp3) is 0.0625. The SMILES string of the molecule is O=C(Nc1ccccc1C#CCO)c1cccc(Cl)c1F. The summed E-state index contributed by atoms with van der Waals surface area (Å²) in [6.45, 7) is -0.287. The summed E-state index contributed by atoms with van der Waals surface area (Å²) in [6.07, 6.45) is 0. The van der Waals surface area contributed by atoms with Gasteiger partial charge in [-0.15, -0.1) is 0 Å². The normalized spacial score (nSPS) is 9.67. The molecule has 2 rings (SSSR count). The van der Waals surface area contributed by atoms with E-state index in [1.807, 2.05) is 0 Å². The molecular formula is C16H11ClFNO2. The number of halogens is 2. The van der Waals surface area contributed by atoms with Gasteiger partial charge in [-0.3, -0.25) is 4.79 Å². The van der Waals surface area contributed by atoms with Crippen LogP contribution < -0.4 is 5.32 Å². The smallest absolute Gasteiger partial charge is 0.258 e. The van der Waals surface area contributed by atoms with Crippen molar-refractivity contribution < 1.29 is 14.3 Å². The first-order valence-electron chi connectivity index (χ1n) is 6.07. The molecule has 1 amide bonds. The van der Waals surface area contributed by atoms with Gasteiger partial charge in [0, 0.05) is 5.56 Å². The molecule has 0 aliphatic rings. The summed E-state index contributed by atoms with van der Waals surface area (Å²) in [6, 6.07) is 11.0. The summed E-state index contributed by atoms with van der Waals surface area (Å²) >= 11 is 5.66. The summed E-state index contributed by atoms with van der Waals surface area (Å²) in [4.78, 5) is 12.1. The molecular weight excluding hydrogens is 293 g/mol.